The molecule has 6 nitrogen and oxygen atoms in total. The van der Waals surface area contributed by atoms with Crippen LogP contribution < -0.4 is 14.5 Å². The molecular formula is C25H28N4O2S. The number of hydrogen-bond acceptors (Lipinski definition) is 6. The average molecular weight is 449 g/mol. The number of nitrogens with zero attached hydrogens (tertiary/aromatic N) is 4. The predicted octanol–water partition coefficient (Wildman–Crippen LogP) is 4.38. The number of rotatable bonds is 5. The van der Waals surface area contributed by atoms with Crippen LogP contribution in [0.15, 0.2) is 53.9 Å². The molecule has 1 aromatic heterocycles. The highest BCUT2D eigenvalue weighted by molar-refractivity contribution is 7.14. The van der Waals surface area contributed by atoms with E-state index in [1.54, 1.807) is 18.4 Å². The molecule has 2 aromatic carbocycles. The van der Waals surface area contributed by atoms with Crippen molar-refractivity contribution in [3.63, 3.8) is 0 Å². The van der Waals surface area contributed by atoms with E-state index in [1.165, 1.54) is 18.5 Å². The standard InChI is InChI=1S/C25H28N4O2S/c1-31-23-10-9-19(17-21(23)22-18-32-25(26-22)29-11-5-6-12-29)24(30)28-15-13-27(14-16-28)20-7-3-2-4-8-20/h2-4,7-10,17-18H,5-6,11-16H2,1H3. The Kier molecular flexibility index (Phi) is 5.99. The van der Waals surface area contributed by atoms with Gasteiger partial charge in [0.2, 0.25) is 0 Å². The zero-order valence-corrected chi connectivity index (χ0v) is 19.2. The third-order valence-corrected chi connectivity index (χ3v) is 7.18. The minimum Gasteiger partial charge on any atom is -0.496 e. The molecule has 2 saturated heterocycles. The Morgan fingerprint density at radius 3 is 2.41 bits per heavy atom. The number of hydrogen-bond donors (Lipinski definition) is 0. The smallest absolute Gasteiger partial charge is 0.254 e. The van der Waals surface area contributed by atoms with E-state index in [2.05, 4.69) is 39.4 Å². The molecule has 0 saturated carbocycles. The second-order valence-corrected chi connectivity index (χ2v) is 9.08. The van der Waals surface area contributed by atoms with Gasteiger partial charge in [-0.1, -0.05) is 18.2 Å². The number of aromatic nitrogens is 1. The number of anilines is 2. The minimum atomic E-state index is 0.0663. The summed E-state index contributed by atoms with van der Waals surface area (Å²) in [5.41, 5.74) is 3.65. The summed E-state index contributed by atoms with van der Waals surface area (Å²) in [6.07, 6.45) is 2.44. The third kappa shape index (κ3) is 4.17. The van der Waals surface area contributed by atoms with Crippen LogP contribution in [0.25, 0.3) is 11.3 Å². The molecule has 7 heteroatoms. The van der Waals surface area contributed by atoms with Crippen molar-refractivity contribution in [1.82, 2.24) is 9.88 Å². The highest BCUT2D eigenvalue weighted by Crippen LogP contribution is 2.35. The molecule has 0 bridgehead atoms. The summed E-state index contributed by atoms with van der Waals surface area (Å²) in [7, 11) is 1.66. The molecule has 0 N–H and O–H groups in total. The zero-order valence-electron chi connectivity index (χ0n) is 18.4. The molecular weight excluding hydrogens is 420 g/mol. The van der Waals surface area contributed by atoms with Crippen molar-refractivity contribution in [3.05, 3.63) is 59.5 Å². The SMILES string of the molecule is COc1ccc(C(=O)N2CCN(c3ccccc3)CC2)cc1-c1csc(N2CCCC2)n1. The first-order chi connectivity index (χ1) is 15.7. The predicted molar refractivity (Wildman–Crippen MR) is 130 cm³/mol. The van der Waals surface area contributed by atoms with Crippen LogP contribution in [0, 0.1) is 0 Å². The maximum Gasteiger partial charge on any atom is 0.254 e. The van der Waals surface area contributed by atoms with Crippen LogP contribution in [-0.4, -0.2) is 62.2 Å². The monoisotopic (exact) mass is 448 g/mol. The lowest BCUT2D eigenvalue weighted by Crippen LogP contribution is -2.48. The summed E-state index contributed by atoms with van der Waals surface area (Å²) in [6, 6.07) is 16.1. The second kappa shape index (κ2) is 9.20. The second-order valence-electron chi connectivity index (χ2n) is 8.24. The molecule has 2 aliphatic rings. The van der Waals surface area contributed by atoms with Crippen molar-refractivity contribution in [2.75, 3.05) is 56.2 Å². The summed E-state index contributed by atoms with van der Waals surface area (Å²) in [4.78, 5) is 24.8. The zero-order chi connectivity index (χ0) is 21.9. The Morgan fingerprint density at radius 2 is 1.69 bits per heavy atom. The van der Waals surface area contributed by atoms with Crippen LogP contribution in [-0.2, 0) is 0 Å². The van der Waals surface area contributed by atoms with Crippen molar-refractivity contribution in [2.45, 2.75) is 12.8 Å². The van der Waals surface area contributed by atoms with E-state index in [0.29, 0.717) is 18.7 Å². The lowest BCUT2D eigenvalue weighted by atomic mass is 10.1. The number of amides is 1. The van der Waals surface area contributed by atoms with Crippen molar-refractivity contribution >= 4 is 28.1 Å². The number of para-hydroxylation sites is 1. The lowest BCUT2D eigenvalue weighted by Gasteiger charge is -2.36. The highest BCUT2D eigenvalue weighted by Gasteiger charge is 2.24. The normalized spacial score (nSPS) is 16.5. The quantitative estimate of drug-likeness (QED) is 0.580. The van der Waals surface area contributed by atoms with Gasteiger partial charge in [0.05, 0.1) is 12.8 Å². The number of thiazole rings is 1. The number of piperazine rings is 1. The van der Waals surface area contributed by atoms with Gasteiger partial charge < -0.3 is 19.4 Å². The van der Waals surface area contributed by atoms with Gasteiger partial charge in [-0.3, -0.25) is 4.79 Å². The third-order valence-electron chi connectivity index (χ3n) is 6.28. The molecule has 0 aliphatic carbocycles. The van der Waals surface area contributed by atoms with Gasteiger partial charge >= 0.3 is 0 Å². The van der Waals surface area contributed by atoms with Crippen LogP contribution in [0.3, 0.4) is 0 Å². The maximum atomic E-state index is 13.3. The molecule has 2 fully saturated rings. The molecule has 0 radical (unpaired) electrons. The lowest BCUT2D eigenvalue weighted by molar-refractivity contribution is 0.0747. The summed E-state index contributed by atoms with van der Waals surface area (Å²) in [5.74, 6) is 0.810. The highest BCUT2D eigenvalue weighted by atomic mass is 32.1. The molecule has 2 aliphatic heterocycles. The first-order valence-electron chi connectivity index (χ1n) is 11.2. The molecule has 0 spiro atoms. The molecule has 1 amide bonds. The fourth-order valence-corrected chi connectivity index (χ4v) is 5.35. The minimum absolute atomic E-state index is 0.0663. The van der Waals surface area contributed by atoms with Crippen molar-refractivity contribution < 1.29 is 9.53 Å². The first kappa shape index (κ1) is 20.8. The van der Waals surface area contributed by atoms with Crippen LogP contribution in [0.4, 0.5) is 10.8 Å². The summed E-state index contributed by atoms with van der Waals surface area (Å²) < 4.78 is 5.60. The summed E-state index contributed by atoms with van der Waals surface area (Å²) in [5, 5.41) is 3.12. The average Bonchev–Trinajstić information content (AvgIpc) is 3.56. The number of methoxy groups -OCH3 is 1. The van der Waals surface area contributed by atoms with Gasteiger partial charge in [0, 0.05) is 61.5 Å². The Balaban J connectivity index is 1.33. The number of carbonyl (C=O) groups is 1. The topological polar surface area (TPSA) is 48.9 Å². The van der Waals surface area contributed by atoms with Gasteiger partial charge in [-0.15, -0.1) is 11.3 Å². The Morgan fingerprint density at radius 1 is 0.938 bits per heavy atom. The Bertz CT molecular complexity index is 1070. The number of ether oxygens (including phenoxy) is 1. The van der Waals surface area contributed by atoms with E-state index >= 15 is 0 Å². The molecule has 5 rings (SSSR count). The molecule has 3 aromatic rings. The Labute approximate surface area is 193 Å². The maximum absolute atomic E-state index is 13.3. The van der Waals surface area contributed by atoms with E-state index in [0.717, 1.165) is 48.3 Å². The molecule has 0 atom stereocenters. The van der Waals surface area contributed by atoms with Crippen LogP contribution >= 0.6 is 11.3 Å². The van der Waals surface area contributed by atoms with E-state index < -0.39 is 0 Å². The van der Waals surface area contributed by atoms with Gasteiger partial charge in [-0.2, -0.15) is 0 Å². The van der Waals surface area contributed by atoms with Crippen LogP contribution in [0.1, 0.15) is 23.2 Å². The van der Waals surface area contributed by atoms with Gasteiger partial charge in [0.15, 0.2) is 5.13 Å². The van der Waals surface area contributed by atoms with Gasteiger partial charge in [-0.05, 0) is 43.2 Å². The van der Waals surface area contributed by atoms with Gasteiger partial charge in [0.25, 0.3) is 5.91 Å². The van der Waals surface area contributed by atoms with Crippen LogP contribution in [0.2, 0.25) is 0 Å². The summed E-state index contributed by atoms with van der Waals surface area (Å²) >= 11 is 1.66. The van der Waals surface area contributed by atoms with Crippen molar-refractivity contribution in [3.8, 4) is 17.0 Å². The molecule has 166 valence electrons. The van der Waals surface area contributed by atoms with E-state index in [-0.39, 0.29) is 5.91 Å². The van der Waals surface area contributed by atoms with E-state index in [1.807, 2.05) is 29.2 Å². The van der Waals surface area contributed by atoms with Crippen molar-refractivity contribution in [2.24, 2.45) is 0 Å². The largest absolute Gasteiger partial charge is 0.496 e. The van der Waals surface area contributed by atoms with E-state index in [4.69, 9.17) is 9.72 Å². The number of benzene rings is 2. The van der Waals surface area contributed by atoms with Crippen molar-refractivity contribution in [1.29, 1.82) is 0 Å². The first-order valence-corrected chi connectivity index (χ1v) is 12.1. The summed E-state index contributed by atoms with van der Waals surface area (Å²) in [6.45, 7) is 5.24. The fraction of sp³-hybridized carbons (Fsp3) is 0.360. The van der Waals surface area contributed by atoms with Gasteiger partial charge in [0.1, 0.15) is 5.75 Å². The fourth-order valence-electron chi connectivity index (χ4n) is 4.47. The molecule has 0 unspecified atom stereocenters. The Hall–Kier alpha value is -3.06. The van der Waals surface area contributed by atoms with E-state index in [9.17, 15) is 4.79 Å². The molecule has 32 heavy (non-hydrogen) atoms. The van der Waals surface area contributed by atoms with Crippen LogP contribution in [0.5, 0.6) is 5.75 Å². The van der Waals surface area contributed by atoms with Gasteiger partial charge in [-0.25, -0.2) is 4.98 Å². The molecule has 3 heterocycles. The number of carbonyl (C=O) groups excluding carboxylic acids is 1.